The van der Waals surface area contributed by atoms with E-state index in [1.54, 1.807) is 0 Å². The summed E-state index contributed by atoms with van der Waals surface area (Å²) < 4.78 is 0. The third-order valence-electron chi connectivity index (χ3n) is 2.26. The fourth-order valence-corrected chi connectivity index (χ4v) is 3.14. The molecule has 0 aromatic carbocycles. The predicted octanol–water partition coefficient (Wildman–Crippen LogP) is 3.08. The molecular formula is C11H25NSi. The van der Waals surface area contributed by atoms with Crippen molar-refractivity contribution < 1.29 is 0 Å². The summed E-state index contributed by atoms with van der Waals surface area (Å²) in [6.45, 7) is 15.7. The van der Waals surface area contributed by atoms with Gasteiger partial charge in [-0.25, -0.2) is 0 Å². The van der Waals surface area contributed by atoms with Gasteiger partial charge in [-0.1, -0.05) is 26.9 Å². The van der Waals surface area contributed by atoms with E-state index in [9.17, 15) is 0 Å². The minimum atomic E-state index is -1.13. The van der Waals surface area contributed by atoms with Crippen LogP contribution in [0, 0.1) is 0 Å². The monoisotopic (exact) mass is 199 g/mol. The Morgan fingerprint density at radius 2 is 1.62 bits per heavy atom. The van der Waals surface area contributed by atoms with Crippen LogP contribution in [0.1, 0.15) is 26.7 Å². The molecule has 13 heavy (non-hydrogen) atoms. The number of rotatable bonds is 7. The van der Waals surface area contributed by atoms with Gasteiger partial charge in [0, 0.05) is 0 Å². The Morgan fingerprint density at radius 3 is 1.92 bits per heavy atom. The fraction of sp³-hybridized carbons (Fsp3) is 0.818. The molecule has 0 aliphatic carbocycles. The Kier molecular flexibility index (Phi) is 6.34. The third-order valence-corrected chi connectivity index (χ3v) is 4.63. The van der Waals surface area contributed by atoms with Crippen molar-refractivity contribution in [3.8, 4) is 0 Å². The highest BCUT2D eigenvalue weighted by Gasteiger charge is 2.19. The van der Waals surface area contributed by atoms with E-state index in [0.29, 0.717) is 0 Å². The second-order valence-electron chi connectivity index (χ2n) is 4.47. The lowest BCUT2D eigenvalue weighted by molar-refractivity contribution is 0.314. The zero-order valence-corrected chi connectivity index (χ0v) is 10.8. The maximum Gasteiger partial charge on any atom is 0.0854 e. The Labute approximate surface area is 84.8 Å². The molecule has 0 rings (SSSR count). The molecule has 0 saturated heterocycles. The first kappa shape index (κ1) is 12.9. The van der Waals surface area contributed by atoms with Crippen molar-refractivity contribution in [1.29, 1.82) is 0 Å². The van der Waals surface area contributed by atoms with E-state index in [4.69, 9.17) is 0 Å². The van der Waals surface area contributed by atoms with E-state index in [1.807, 2.05) is 0 Å². The van der Waals surface area contributed by atoms with Gasteiger partial charge < -0.3 is 4.90 Å². The van der Waals surface area contributed by atoms with Crippen LogP contribution in [0.5, 0.6) is 0 Å². The second-order valence-corrected chi connectivity index (χ2v) is 9.17. The zero-order valence-electron chi connectivity index (χ0n) is 9.77. The summed E-state index contributed by atoms with van der Waals surface area (Å²) in [5.41, 5.74) is 2.20. The van der Waals surface area contributed by atoms with Crippen LogP contribution in [-0.2, 0) is 0 Å². The Morgan fingerprint density at radius 1 is 1.15 bits per heavy atom. The zero-order chi connectivity index (χ0) is 10.3. The molecule has 0 heterocycles. The highest BCUT2D eigenvalue weighted by atomic mass is 28.3. The summed E-state index contributed by atoms with van der Waals surface area (Å²) in [5, 5.41) is 0. The van der Waals surface area contributed by atoms with Crippen molar-refractivity contribution in [2.75, 3.05) is 19.3 Å². The van der Waals surface area contributed by atoms with Crippen LogP contribution in [0.25, 0.3) is 0 Å². The van der Waals surface area contributed by atoms with Crippen LogP contribution in [-0.4, -0.2) is 32.2 Å². The normalized spacial score (nSPS) is 12.1. The van der Waals surface area contributed by atoms with Crippen molar-refractivity contribution in [3.05, 3.63) is 12.3 Å². The molecule has 0 aromatic rings. The van der Waals surface area contributed by atoms with Crippen molar-refractivity contribution in [3.63, 3.8) is 0 Å². The van der Waals surface area contributed by atoms with Crippen molar-refractivity contribution >= 4 is 8.07 Å². The quantitative estimate of drug-likeness (QED) is 0.570. The Balaban J connectivity index is 3.99. The topological polar surface area (TPSA) is 3.24 Å². The lowest BCUT2D eigenvalue weighted by Gasteiger charge is -2.28. The minimum absolute atomic E-state index is 1.13. The summed E-state index contributed by atoms with van der Waals surface area (Å²) in [7, 11) is -1.13. The van der Waals surface area contributed by atoms with E-state index < -0.39 is 8.07 Å². The minimum Gasteiger partial charge on any atom is -0.306 e. The molecule has 78 valence electrons. The van der Waals surface area contributed by atoms with Crippen LogP contribution < -0.4 is 0 Å². The lowest BCUT2D eigenvalue weighted by atomic mass is 10.4. The molecule has 0 spiro atoms. The fourth-order valence-electron chi connectivity index (χ4n) is 1.54. The first-order valence-electron chi connectivity index (χ1n) is 5.41. The van der Waals surface area contributed by atoms with E-state index in [2.05, 4.69) is 44.1 Å². The first-order chi connectivity index (χ1) is 6.05. The third kappa shape index (κ3) is 6.05. The molecule has 0 radical (unpaired) electrons. The molecule has 0 aliphatic rings. The molecule has 1 nitrogen and oxygen atoms in total. The molecule has 0 atom stereocenters. The maximum absolute atomic E-state index is 3.94. The number of nitrogens with zero attached hydrogens (tertiary/aromatic N) is 1. The van der Waals surface area contributed by atoms with E-state index in [0.717, 1.165) is 0 Å². The first-order valence-corrected chi connectivity index (χ1v) is 8.70. The van der Waals surface area contributed by atoms with Gasteiger partial charge in [0.05, 0.1) is 8.07 Å². The molecule has 0 fully saturated rings. The molecular weight excluding hydrogens is 174 g/mol. The summed E-state index contributed by atoms with van der Waals surface area (Å²) in [4.78, 5) is 2.59. The Bertz CT molecular complexity index is 137. The molecule has 2 heteroatoms. The van der Waals surface area contributed by atoms with Crippen LogP contribution in [0.15, 0.2) is 12.3 Å². The Hall–Kier alpha value is -0.0831. The largest absolute Gasteiger partial charge is 0.306 e. The van der Waals surface area contributed by atoms with Gasteiger partial charge in [-0.3, -0.25) is 0 Å². The van der Waals surface area contributed by atoms with Gasteiger partial charge in [-0.2, -0.15) is 0 Å². The van der Waals surface area contributed by atoms with E-state index >= 15 is 0 Å². The smallest absolute Gasteiger partial charge is 0.0854 e. The summed E-state index contributed by atoms with van der Waals surface area (Å²) in [6.07, 6.45) is 3.81. The van der Waals surface area contributed by atoms with Crippen LogP contribution in [0.2, 0.25) is 13.1 Å². The standard InChI is InChI=1S/C11H25NSi/c1-6-9-12(10-7-2)11-13(4,5)8-3/h8H,3,6-7,9-11H2,1-2,4-5H3. The highest BCUT2D eigenvalue weighted by Crippen LogP contribution is 2.07. The molecule has 0 unspecified atom stereocenters. The van der Waals surface area contributed by atoms with Gasteiger partial charge in [0.15, 0.2) is 0 Å². The second kappa shape index (κ2) is 6.38. The van der Waals surface area contributed by atoms with Gasteiger partial charge in [-0.15, -0.1) is 12.3 Å². The average molecular weight is 199 g/mol. The van der Waals surface area contributed by atoms with Crippen LogP contribution >= 0.6 is 0 Å². The van der Waals surface area contributed by atoms with E-state index in [1.165, 1.54) is 32.1 Å². The number of hydrogen-bond acceptors (Lipinski definition) is 1. The van der Waals surface area contributed by atoms with Gasteiger partial charge in [-0.05, 0) is 32.1 Å². The van der Waals surface area contributed by atoms with Gasteiger partial charge in [0.1, 0.15) is 0 Å². The van der Waals surface area contributed by atoms with Gasteiger partial charge in [0.25, 0.3) is 0 Å². The predicted molar refractivity (Wildman–Crippen MR) is 64.7 cm³/mol. The molecule has 0 aliphatic heterocycles. The molecule has 0 amide bonds. The lowest BCUT2D eigenvalue weighted by Crippen LogP contribution is -2.42. The molecule has 0 aromatic heterocycles. The molecule has 0 bridgehead atoms. The SMILES string of the molecule is C=C[Si](C)(C)CN(CCC)CCC. The molecule has 0 N–H and O–H groups in total. The van der Waals surface area contributed by atoms with Crippen molar-refractivity contribution in [2.24, 2.45) is 0 Å². The highest BCUT2D eigenvalue weighted by molar-refractivity contribution is 6.82. The van der Waals surface area contributed by atoms with Crippen molar-refractivity contribution in [2.45, 2.75) is 39.8 Å². The van der Waals surface area contributed by atoms with Gasteiger partial charge >= 0.3 is 0 Å². The average Bonchev–Trinajstić information content (AvgIpc) is 2.05. The summed E-state index contributed by atoms with van der Waals surface area (Å²) in [5.74, 6) is 0. The van der Waals surface area contributed by atoms with E-state index in [-0.39, 0.29) is 0 Å². The van der Waals surface area contributed by atoms with Crippen LogP contribution in [0.3, 0.4) is 0 Å². The van der Waals surface area contributed by atoms with Crippen molar-refractivity contribution in [1.82, 2.24) is 4.90 Å². The number of hydrogen-bond donors (Lipinski definition) is 0. The summed E-state index contributed by atoms with van der Waals surface area (Å²) >= 11 is 0. The maximum atomic E-state index is 3.94. The molecule has 0 saturated carbocycles. The van der Waals surface area contributed by atoms with Gasteiger partial charge in [0.2, 0.25) is 0 Å². The summed E-state index contributed by atoms with van der Waals surface area (Å²) in [6, 6.07) is 0. The van der Waals surface area contributed by atoms with Crippen LogP contribution in [0.4, 0.5) is 0 Å².